The van der Waals surface area contributed by atoms with Crippen LogP contribution in [0.4, 0.5) is 17.1 Å². The summed E-state index contributed by atoms with van der Waals surface area (Å²) >= 11 is 0. The minimum atomic E-state index is -0.377. The van der Waals surface area contributed by atoms with Crippen molar-refractivity contribution < 1.29 is 23.9 Å². The summed E-state index contributed by atoms with van der Waals surface area (Å²) in [6.07, 6.45) is 3.08. The molecule has 3 N–H and O–H groups in total. The van der Waals surface area contributed by atoms with Crippen LogP contribution in [0, 0.1) is 0 Å². The lowest BCUT2D eigenvalue weighted by molar-refractivity contribution is -0.121. The molecule has 0 atom stereocenters. The first-order valence-electron chi connectivity index (χ1n) is 10.1. The van der Waals surface area contributed by atoms with E-state index in [1.807, 2.05) is 6.07 Å². The van der Waals surface area contributed by atoms with Crippen LogP contribution in [0.5, 0.6) is 11.5 Å². The number of carbonyl (C=O) groups excluding carboxylic acids is 3. The van der Waals surface area contributed by atoms with E-state index in [9.17, 15) is 14.4 Å². The summed E-state index contributed by atoms with van der Waals surface area (Å²) in [7, 11) is 2.90. The van der Waals surface area contributed by atoms with Crippen molar-refractivity contribution in [2.75, 3.05) is 30.2 Å². The Morgan fingerprint density at radius 1 is 0.788 bits per heavy atom. The lowest BCUT2D eigenvalue weighted by atomic mass is 10.2. The number of aromatic nitrogens is 1. The maximum atomic E-state index is 12.5. The molecule has 0 aliphatic rings. The summed E-state index contributed by atoms with van der Waals surface area (Å²) in [5.74, 6) is -0.330. The molecule has 170 valence electrons. The van der Waals surface area contributed by atoms with E-state index in [0.717, 1.165) is 0 Å². The van der Waals surface area contributed by atoms with Crippen molar-refractivity contribution in [3.63, 3.8) is 0 Å². The lowest BCUT2D eigenvalue weighted by Crippen LogP contribution is -2.18. The third-order valence-corrected chi connectivity index (χ3v) is 4.60. The van der Waals surface area contributed by atoms with Crippen LogP contribution in [0.2, 0.25) is 0 Å². The van der Waals surface area contributed by atoms with E-state index >= 15 is 0 Å². The Bertz CT molecular complexity index is 1120. The van der Waals surface area contributed by atoms with Gasteiger partial charge in [-0.2, -0.15) is 0 Å². The molecule has 2 aromatic carbocycles. The highest BCUT2D eigenvalue weighted by molar-refractivity contribution is 6.05. The van der Waals surface area contributed by atoms with Gasteiger partial charge in [-0.1, -0.05) is 18.2 Å². The third kappa shape index (κ3) is 6.54. The van der Waals surface area contributed by atoms with E-state index in [1.165, 1.54) is 20.4 Å². The van der Waals surface area contributed by atoms with E-state index < -0.39 is 0 Å². The maximum Gasteiger partial charge on any atom is 0.255 e. The first-order valence-corrected chi connectivity index (χ1v) is 10.1. The molecule has 0 unspecified atom stereocenters. The predicted molar refractivity (Wildman–Crippen MR) is 125 cm³/mol. The normalized spacial score (nSPS) is 10.1. The highest BCUT2D eigenvalue weighted by atomic mass is 16.5. The fourth-order valence-corrected chi connectivity index (χ4v) is 2.98. The quantitative estimate of drug-likeness (QED) is 0.459. The monoisotopic (exact) mass is 448 g/mol. The Labute approximate surface area is 191 Å². The Morgan fingerprint density at radius 3 is 1.97 bits per heavy atom. The number of anilines is 3. The number of nitrogens with zero attached hydrogens (tertiary/aromatic N) is 1. The molecule has 0 bridgehead atoms. The number of nitrogens with one attached hydrogen (secondary N) is 3. The Hall–Kier alpha value is -4.40. The van der Waals surface area contributed by atoms with Gasteiger partial charge in [0.2, 0.25) is 11.8 Å². The molecule has 0 fully saturated rings. The van der Waals surface area contributed by atoms with Gasteiger partial charge in [-0.25, -0.2) is 0 Å². The third-order valence-electron chi connectivity index (χ3n) is 4.60. The van der Waals surface area contributed by atoms with Crippen LogP contribution in [0.3, 0.4) is 0 Å². The van der Waals surface area contributed by atoms with Gasteiger partial charge in [-0.05, 0) is 24.3 Å². The van der Waals surface area contributed by atoms with Gasteiger partial charge in [0.1, 0.15) is 11.5 Å². The van der Waals surface area contributed by atoms with E-state index in [2.05, 4.69) is 20.9 Å². The number of amides is 3. The summed E-state index contributed by atoms with van der Waals surface area (Å²) in [4.78, 5) is 40.9. The zero-order valence-corrected chi connectivity index (χ0v) is 18.3. The molecule has 0 aliphatic heterocycles. The zero-order chi connectivity index (χ0) is 23.6. The molecule has 0 aliphatic carbocycles. The second kappa shape index (κ2) is 11.3. The molecule has 3 amide bonds. The van der Waals surface area contributed by atoms with Crippen LogP contribution < -0.4 is 25.4 Å². The highest BCUT2D eigenvalue weighted by Crippen LogP contribution is 2.36. The fraction of sp³-hybridized carbons (Fsp3) is 0.167. The molecular formula is C24H24N4O5. The van der Waals surface area contributed by atoms with Gasteiger partial charge in [-0.15, -0.1) is 0 Å². The molecular weight excluding hydrogens is 424 g/mol. The van der Waals surface area contributed by atoms with Crippen molar-refractivity contribution >= 4 is 34.8 Å². The Morgan fingerprint density at radius 2 is 1.39 bits per heavy atom. The van der Waals surface area contributed by atoms with Crippen LogP contribution in [0.25, 0.3) is 0 Å². The van der Waals surface area contributed by atoms with Crippen LogP contribution in [-0.2, 0) is 9.59 Å². The first kappa shape index (κ1) is 23.3. The molecule has 33 heavy (non-hydrogen) atoms. The maximum absolute atomic E-state index is 12.5. The van der Waals surface area contributed by atoms with E-state index in [1.54, 1.807) is 54.7 Å². The van der Waals surface area contributed by atoms with Crippen molar-refractivity contribution in [1.29, 1.82) is 0 Å². The highest BCUT2D eigenvalue weighted by Gasteiger charge is 2.16. The van der Waals surface area contributed by atoms with Crippen LogP contribution in [0.15, 0.2) is 67.0 Å². The van der Waals surface area contributed by atoms with Crippen molar-refractivity contribution in [2.45, 2.75) is 12.8 Å². The number of ether oxygens (including phenoxy) is 2. The molecule has 1 heterocycles. The number of benzene rings is 2. The molecule has 9 nitrogen and oxygen atoms in total. The average Bonchev–Trinajstić information content (AvgIpc) is 2.84. The molecule has 9 heteroatoms. The number of pyridine rings is 1. The summed E-state index contributed by atoms with van der Waals surface area (Å²) in [5.41, 5.74) is 1.78. The van der Waals surface area contributed by atoms with E-state index in [-0.39, 0.29) is 30.6 Å². The molecule has 3 aromatic rings. The minimum Gasteiger partial charge on any atom is -0.494 e. The number of rotatable bonds is 9. The minimum absolute atomic E-state index is 0.00854. The van der Waals surface area contributed by atoms with Gasteiger partial charge in [-0.3, -0.25) is 19.4 Å². The largest absolute Gasteiger partial charge is 0.494 e. The van der Waals surface area contributed by atoms with Crippen LogP contribution in [0.1, 0.15) is 23.2 Å². The van der Waals surface area contributed by atoms with Crippen LogP contribution >= 0.6 is 0 Å². The van der Waals surface area contributed by atoms with Gasteiger partial charge >= 0.3 is 0 Å². The standard InChI is InChI=1S/C24H24N4O5/c1-32-20-14-19(28-24(31)16-7-4-3-5-8-16)21(33-2)13-18(20)27-23(30)11-10-22(29)26-17-9-6-12-25-15-17/h3-9,12-15H,10-11H2,1-2H3,(H,26,29)(H,27,30)(H,28,31). The lowest BCUT2D eigenvalue weighted by Gasteiger charge is -2.16. The number of hydrogen-bond donors (Lipinski definition) is 3. The number of carbonyl (C=O) groups is 3. The van der Waals surface area contributed by atoms with Gasteiger partial charge in [0.25, 0.3) is 5.91 Å². The molecule has 0 spiro atoms. The Kier molecular flexibility index (Phi) is 7.96. The molecule has 1 aromatic heterocycles. The van der Waals surface area contributed by atoms with Gasteiger partial charge in [0.15, 0.2) is 0 Å². The van der Waals surface area contributed by atoms with Crippen LogP contribution in [-0.4, -0.2) is 36.9 Å². The topological polar surface area (TPSA) is 119 Å². The number of methoxy groups -OCH3 is 2. The smallest absolute Gasteiger partial charge is 0.255 e. The van der Waals surface area contributed by atoms with E-state index in [0.29, 0.717) is 34.1 Å². The predicted octanol–water partition coefficient (Wildman–Crippen LogP) is 3.71. The van der Waals surface area contributed by atoms with Crippen molar-refractivity contribution in [2.24, 2.45) is 0 Å². The zero-order valence-electron chi connectivity index (χ0n) is 18.3. The molecule has 0 radical (unpaired) electrons. The molecule has 0 saturated carbocycles. The number of hydrogen-bond acceptors (Lipinski definition) is 6. The van der Waals surface area contributed by atoms with Gasteiger partial charge < -0.3 is 25.4 Å². The summed E-state index contributed by atoms with van der Waals surface area (Å²) in [6.45, 7) is 0. The molecule has 3 rings (SSSR count). The van der Waals surface area contributed by atoms with Gasteiger partial charge in [0.05, 0.1) is 37.5 Å². The molecule has 0 saturated heterocycles. The van der Waals surface area contributed by atoms with Crippen molar-refractivity contribution in [1.82, 2.24) is 4.98 Å². The fourth-order valence-electron chi connectivity index (χ4n) is 2.98. The average molecular weight is 448 g/mol. The second-order valence-corrected chi connectivity index (χ2v) is 6.91. The SMILES string of the molecule is COc1cc(NC(=O)c2ccccc2)c(OC)cc1NC(=O)CCC(=O)Nc1cccnc1. The first-order chi connectivity index (χ1) is 16.0. The summed E-state index contributed by atoms with van der Waals surface area (Å²) in [6, 6.07) is 15.3. The summed E-state index contributed by atoms with van der Waals surface area (Å²) < 4.78 is 10.7. The Balaban J connectivity index is 1.65. The van der Waals surface area contributed by atoms with Gasteiger partial charge in [0, 0.05) is 36.7 Å². The second-order valence-electron chi connectivity index (χ2n) is 6.91. The van der Waals surface area contributed by atoms with Crippen molar-refractivity contribution in [3.05, 3.63) is 72.6 Å². The van der Waals surface area contributed by atoms with Crippen molar-refractivity contribution in [3.8, 4) is 11.5 Å². The summed E-state index contributed by atoms with van der Waals surface area (Å²) in [5, 5.41) is 8.17. The van der Waals surface area contributed by atoms with E-state index in [4.69, 9.17) is 9.47 Å².